The van der Waals surface area contributed by atoms with E-state index in [1.807, 2.05) is 0 Å². The van der Waals surface area contributed by atoms with Gasteiger partial charge in [0, 0.05) is 12.4 Å². The highest BCUT2D eigenvalue weighted by Gasteiger charge is 2.13. The summed E-state index contributed by atoms with van der Waals surface area (Å²) in [5.41, 5.74) is 10.3. The topological polar surface area (TPSA) is 94.9 Å². The number of primary amides is 1. The monoisotopic (exact) mass is 152 g/mol. The van der Waals surface area contributed by atoms with Gasteiger partial charge >= 0.3 is 0 Å². The number of aromatic nitrogens is 2. The van der Waals surface area contributed by atoms with Crippen LogP contribution >= 0.6 is 0 Å². The molecule has 1 heterocycles. The quantitative estimate of drug-likeness (QED) is 0.566. The molecule has 1 aromatic heterocycles. The van der Waals surface area contributed by atoms with Crippen molar-refractivity contribution in [1.82, 2.24) is 9.97 Å². The van der Waals surface area contributed by atoms with E-state index < -0.39 is 11.9 Å². The molecule has 4 N–H and O–H groups in total. The SMILES string of the molecule is NC(=O)C(N)c1ncccn1. The Morgan fingerprint density at radius 3 is 2.45 bits per heavy atom. The van der Waals surface area contributed by atoms with Crippen LogP contribution in [-0.2, 0) is 4.79 Å². The Hall–Kier alpha value is -1.49. The number of carbonyl (C=O) groups is 1. The second-order valence-electron chi connectivity index (χ2n) is 1.99. The van der Waals surface area contributed by atoms with Crippen molar-refractivity contribution in [2.24, 2.45) is 11.5 Å². The molecule has 5 heteroatoms. The molecule has 1 atom stereocenters. The van der Waals surface area contributed by atoms with Crippen molar-refractivity contribution >= 4 is 5.91 Å². The molecule has 0 aliphatic heterocycles. The summed E-state index contributed by atoms with van der Waals surface area (Å²) in [6.45, 7) is 0. The van der Waals surface area contributed by atoms with Crippen LogP contribution in [0.4, 0.5) is 0 Å². The van der Waals surface area contributed by atoms with Gasteiger partial charge in [0.2, 0.25) is 5.91 Å². The maximum Gasteiger partial charge on any atom is 0.242 e. The minimum Gasteiger partial charge on any atom is -0.368 e. The molecule has 0 aliphatic carbocycles. The number of hydrogen-bond donors (Lipinski definition) is 2. The summed E-state index contributed by atoms with van der Waals surface area (Å²) in [5, 5.41) is 0. The second-order valence-corrected chi connectivity index (χ2v) is 1.99. The van der Waals surface area contributed by atoms with Crippen molar-refractivity contribution in [2.45, 2.75) is 6.04 Å². The number of hydrogen-bond acceptors (Lipinski definition) is 4. The molecule has 0 saturated heterocycles. The van der Waals surface area contributed by atoms with Crippen LogP contribution in [0.25, 0.3) is 0 Å². The van der Waals surface area contributed by atoms with E-state index in [1.165, 1.54) is 12.4 Å². The first-order valence-electron chi connectivity index (χ1n) is 3.03. The highest BCUT2D eigenvalue weighted by molar-refractivity contribution is 5.80. The summed E-state index contributed by atoms with van der Waals surface area (Å²) in [4.78, 5) is 18.0. The largest absolute Gasteiger partial charge is 0.368 e. The van der Waals surface area contributed by atoms with Crippen LogP contribution in [0, 0.1) is 0 Å². The Kier molecular flexibility index (Phi) is 2.12. The van der Waals surface area contributed by atoms with Crippen molar-refractivity contribution in [2.75, 3.05) is 0 Å². The zero-order valence-electron chi connectivity index (χ0n) is 5.77. The molecular weight excluding hydrogens is 144 g/mol. The summed E-state index contributed by atoms with van der Waals surface area (Å²) < 4.78 is 0. The Labute approximate surface area is 63.4 Å². The van der Waals surface area contributed by atoms with Crippen LogP contribution in [0.5, 0.6) is 0 Å². The predicted octanol–water partition coefficient (Wildman–Crippen LogP) is -1.04. The molecule has 0 bridgehead atoms. The third-order valence-electron chi connectivity index (χ3n) is 1.17. The fraction of sp³-hybridized carbons (Fsp3) is 0.167. The molecule has 11 heavy (non-hydrogen) atoms. The number of nitrogens with two attached hydrogens (primary N) is 2. The maximum atomic E-state index is 10.5. The van der Waals surface area contributed by atoms with Crippen LogP contribution in [0.1, 0.15) is 11.9 Å². The number of nitrogens with zero attached hydrogens (tertiary/aromatic N) is 2. The summed E-state index contributed by atoms with van der Waals surface area (Å²) in [6.07, 6.45) is 3.01. The van der Waals surface area contributed by atoms with Crippen molar-refractivity contribution in [3.63, 3.8) is 0 Å². The summed E-state index contributed by atoms with van der Waals surface area (Å²) >= 11 is 0. The smallest absolute Gasteiger partial charge is 0.242 e. The van der Waals surface area contributed by atoms with Crippen LogP contribution < -0.4 is 11.5 Å². The number of rotatable bonds is 2. The molecule has 0 fully saturated rings. The van der Waals surface area contributed by atoms with Gasteiger partial charge in [0.05, 0.1) is 0 Å². The third-order valence-corrected chi connectivity index (χ3v) is 1.17. The molecule has 0 spiro atoms. The van der Waals surface area contributed by atoms with E-state index in [0.717, 1.165) is 0 Å². The maximum absolute atomic E-state index is 10.5. The number of amides is 1. The first-order chi connectivity index (χ1) is 5.22. The van der Waals surface area contributed by atoms with Gasteiger partial charge in [-0.15, -0.1) is 0 Å². The van der Waals surface area contributed by atoms with E-state index in [1.54, 1.807) is 6.07 Å². The van der Waals surface area contributed by atoms with Gasteiger partial charge in [-0.1, -0.05) is 0 Å². The van der Waals surface area contributed by atoms with Gasteiger partial charge in [-0.2, -0.15) is 0 Å². The Morgan fingerprint density at radius 2 is 2.00 bits per heavy atom. The fourth-order valence-corrected chi connectivity index (χ4v) is 0.598. The molecule has 0 saturated carbocycles. The molecule has 0 aromatic carbocycles. The zero-order valence-corrected chi connectivity index (χ0v) is 5.77. The molecule has 1 amide bonds. The highest BCUT2D eigenvalue weighted by Crippen LogP contribution is 1.99. The lowest BCUT2D eigenvalue weighted by Crippen LogP contribution is -2.29. The molecule has 5 nitrogen and oxygen atoms in total. The van der Waals surface area contributed by atoms with Gasteiger partial charge in [-0.25, -0.2) is 9.97 Å². The molecule has 0 radical (unpaired) electrons. The first-order valence-corrected chi connectivity index (χ1v) is 3.03. The minimum absolute atomic E-state index is 0.250. The van der Waals surface area contributed by atoms with Gasteiger partial charge < -0.3 is 11.5 Å². The number of carbonyl (C=O) groups excluding carboxylic acids is 1. The van der Waals surface area contributed by atoms with E-state index in [-0.39, 0.29) is 5.82 Å². The zero-order chi connectivity index (χ0) is 8.27. The average molecular weight is 152 g/mol. The van der Waals surface area contributed by atoms with Gasteiger partial charge in [0.1, 0.15) is 6.04 Å². The normalized spacial score (nSPS) is 12.5. The lowest BCUT2D eigenvalue weighted by atomic mass is 10.3. The van der Waals surface area contributed by atoms with E-state index in [0.29, 0.717) is 0 Å². The molecule has 1 rings (SSSR count). The van der Waals surface area contributed by atoms with Crippen molar-refractivity contribution in [3.8, 4) is 0 Å². The Balaban J connectivity index is 2.85. The van der Waals surface area contributed by atoms with Crippen LogP contribution in [0.3, 0.4) is 0 Å². The second kappa shape index (κ2) is 3.07. The Morgan fingerprint density at radius 1 is 1.45 bits per heavy atom. The lowest BCUT2D eigenvalue weighted by Gasteiger charge is -2.02. The summed E-state index contributed by atoms with van der Waals surface area (Å²) in [6, 6.07) is 0.730. The molecule has 1 aromatic rings. The standard InChI is InChI=1S/C6H8N4O/c7-4(5(8)11)6-9-2-1-3-10-6/h1-4H,7H2,(H2,8,11). The van der Waals surface area contributed by atoms with Gasteiger partial charge in [0.15, 0.2) is 5.82 Å². The lowest BCUT2D eigenvalue weighted by molar-refractivity contribution is -0.119. The average Bonchev–Trinajstić information content (AvgIpc) is 2.05. The molecule has 58 valence electrons. The van der Waals surface area contributed by atoms with Crippen LogP contribution in [-0.4, -0.2) is 15.9 Å². The van der Waals surface area contributed by atoms with Crippen molar-refractivity contribution in [3.05, 3.63) is 24.3 Å². The van der Waals surface area contributed by atoms with Crippen LogP contribution in [0.15, 0.2) is 18.5 Å². The first kappa shape index (κ1) is 7.62. The van der Waals surface area contributed by atoms with Gasteiger partial charge in [0.25, 0.3) is 0 Å². The molecular formula is C6H8N4O. The highest BCUT2D eigenvalue weighted by atomic mass is 16.1. The van der Waals surface area contributed by atoms with Crippen molar-refractivity contribution in [1.29, 1.82) is 0 Å². The minimum atomic E-state index is -0.906. The summed E-state index contributed by atoms with van der Waals surface area (Å²) in [5.74, 6) is -0.379. The van der Waals surface area contributed by atoms with E-state index in [2.05, 4.69) is 9.97 Å². The van der Waals surface area contributed by atoms with Gasteiger partial charge in [-0.3, -0.25) is 4.79 Å². The fourth-order valence-electron chi connectivity index (χ4n) is 0.598. The van der Waals surface area contributed by atoms with E-state index in [4.69, 9.17) is 11.5 Å². The van der Waals surface area contributed by atoms with Gasteiger partial charge in [-0.05, 0) is 6.07 Å². The van der Waals surface area contributed by atoms with E-state index >= 15 is 0 Å². The molecule has 0 aliphatic rings. The Bertz CT molecular complexity index is 248. The van der Waals surface area contributed by atoms with Crippen molar-refractivity contribution < 1.29 is 4.79 Å². The van der Waals surface area contributed by atoms with E-state index in [9.17, 15) is 4.79 Å². The predicted molar refractivity (Wildman–Crippen MR) is 38.2 cm³/mol. The molecule has 1 unspecified atom stereocenters. The van der Waals surface area contributed by atoms with Crippen LogP contribution in [0.2, 0.25) is 0 Å². The summed E-state index contributed by atoms with van der Waals surface area (Å²) in [7, 11) is 0. The third kappa shape index (κ3) is 1.71.